The number of hydrogen-bond donors (Lipinski definition) is 0. The van der Waals surface area contributed by atoms with E-state index in [-0.39, 0.29) is 37.5 Å². The fraction of sp³-hybridized carbons (Fsp3) is 0.393. The minimum absolute atomic E-state index is 0.0771. The molecule has 0 aromatic heterocycles. The molecule has 2 aromatic rings. The standard InChI is InChI=1S/C28H32FN3O4/c1-36-19-18-32-26(34)21-28(27(32)35,23-11-5-6-12-24(23)29)20-25(33)31-16-14-30(15-17-31)13-7-10-22-8-3-2-4-9-22/h2-12H,13-21H2,1H3/b10-7+/t28-/m1/s1. The van der Waals surface area contributed by atoms with Crippen molar-refractivity contribution in [3.8, 4) is 0 Å². The van der Waals surface area contributed by atoms with Gasteiger partial charge in [0.1, 0.15) is 5.82 Å². The fourth-order valence-corrected chi connectivity index (χ4v) is 4.95. The number of methoxy groups -OCH3 is 1. The maximum absolute atomic E-state index is 14.9. The van der Waals surface area contributed by atoms with Crippen LogP contribution >= 0.6 is 0 Å². The molecule has 0 saturated carbocycles. The molecular weight excluding hydrogens is 461 g/mol. The average molecular weight is 494 g/mol. The van der Waals surface area contributed by atoms with Crippen molar-refractivity contribution in [1.29, 1.82) is 0 Å². The zero-order valence-corrected chi connectivity index (χ0v) is 20.6. The van der Waals surface area contributed by atoms with E-state index >= 15 is 0 Å². The van der Waals surface area contributed by atoms with Gasteiger partial charge < -0.3 is 9.64 Å². The Labute approximate surface area is 211 Å². The molecule has 3 amide bonds. The van der Waals surface area contributed by atoms with Gasteiger partial charge in [0.15, 0.2) is 0 Å². The topological polar surface area (TPSA) is 70.2 Å². The van der Waals surface area contributed by atoms with Crippen LogP contribution in [0.4, 0.5) is 4.39 Å². The van der Waals surface area contributed by atoms with Gasteiger partial charge in [0.25, 0.3) is 0 Å². The van der Waals surface area contributed by atoms with Gasteiger partial charge in [-0.2, -0.15) is 0 Å². The summed E-state index contributed by atoms with van der Waals surface area (Å²) in [5, 5.41) is 0. The lowest BCUT2D eigenvalue weighted by Crippen LogP contribution is -2.51. The smallest absolute Gasteiger partial charge is 0.241 e. The molecule has 2 aromatic carbocycles. The molecule has 0 aliphatic carbocycles. The summed E-state index contributed by atoms with van der Waals surface area (Å²) in [6.45, 7) is 3.46. The number of piperazine rings is 1. The van der Waals surface area contributed by atoms with Crippen LogP contribution in [0, 0.1) is 5.82 Å². The second-order valence-corrected chi connectivity index (χ2v) is 9.25. The third-order valence-electron chi connectivity index (χ3n) is 6.97. The maximum Gasteiger partial charge on any atom is 0.241 e. The van der Waals surface area contributed by atoms with Crippen LogP contribution in [0.3, 0.4) is 0 Å². The molecule has 2 heterocycles. The third kappa shape index (κ3) is 5.55. The van der Waals surface area contributed by atoms with Gasteiger partial charge in [0.2, 0.25) is 17.7 Å². The number of ether oxygens (including phenoxy) is 1. The zero-order chi connectivity index (χ0) is 25.5. The first kappa shape index (κ1) is 25.7. The predicted molar refractivity (Wildman–Crippen MR) is 134 cm³/mol. The lowest BCUT2D eigenvalue weighted by Gasteiger charge is -2.36. The summed E-state index contributed by atoms with van der Waals surface area (Å²) in [4.78, 5) is 44.7. The van der Waals surface area contributed by atoms with Crippen molar-refractivity contribution in [1.82, 2.24) is 14.7 Å². The van der Waals surface area contributed by atoms with Crippen LogP contribution in [-0.2, 0) is 24.5 Å². The van der Waals surface area contributed by atoms with Crippen molar-refractivity contribution >= 4 is 23.8 Å². The summed E-state index contributed by atoms with van der Waals surface area (Å²) in [7, 11) is 1.48. The molecule has 0 N–H and O–H groups in total. The molecule has 2 saturated heterocycles. The van der Waals surface area contributed by atoms with Crippen molar-refractivity contribution in [2.75, 3.05) is 53.0 Å². The minimum atomic E-state index is -1.54. The molecule has 4 rings (SSSR count). The van der Waals surface area contributed by atoms with E-state index in [2.05, 4.69) is 17.1 Å². The summed E-state index contributed by atoms with van der Waals surface area (Å²) in [5.41, 5.74) is -0.301. The highest BCUT2D eigenvalue weighted by Crippen LogP contribution is 2.41. The van der Waals surface area contributed by atoms with Gasteiger partial charge >= 0.3 is 0 Å². The third-order valence-corrected chi connectivity index (χ3v) is 6.97. The number of hydrogen-bond acceptors (Lipinski definition) is 5. The summed E-state index contributed by atoms with van der Waals surface area (Å²) in [5.74, 6) is -1.78. The van der Waals surface area contributed by atoms with Gasteiger partial charge in [-0.25, -0.2) is 4.39 Å². The number of amides is 3. The summed E-state index contributed by atoms with van der Waals surface area (Å²) in [6.07, 6.45) is 3.72. The molecule has 190 valence electrons. The fourth-order valence-electron chi connectivity index (χ4n) is 4.95. The van der Waals surface area contributed by atoms with Gasteiger partial charge in [-0.05, 0) is 11.6 Å². The first-order valence-corrected chi connectivity index (χ1v) is 12.2. The molecule has 2 aliphatic rings. The molecule has 7 nitrogen and oxygen atoms in total. The second-order valence-electron chi connectivity index (χ2n) is 9.25. The van der Waals surface area contributed by atoms with Crippen LogP contribution < -0.4 is 0 Å². The number of carbonyl (C=O) groups is 3. The quantitative estimate of drug-likeness (QED) is 0.503. The van der Waals surface area contributed by atoms with E-state index in [4.69, 9.17) is 4.74 Å². The molecule has 0 bridgehead atoms. The Morgan fingerprint density at radius 1 is 1.03 bits per heavy atom. The minimum Gasteiger partial charge on any atom is -0.383 e. The van der Waals surface area contributed by atoms with Gasteiger partial charge in [0.05, 0.1) is 18.6 Å². The highest BCUT2D eigenvalue weighted by atomic mass is 19.1. The lowest BCUT2D eigenvalue weighted by atomic mass is 9.75. The molecule has 0 spiro atoms. The molecular formula is C28H32FN3O4. The second kappa shape index (κ2) is 11.6. The van der Waals surface area contributed by atoms with Crippen LogP contribution in [0.1, 0.15) is 24.0 Å². The van der Waals surface area contributed by atoms with Crippen LogP contribution in [0.2, 0.25) is 0 Å². The number of imide groups is 1. The Bertz CT molecular complexity index is 1110. The van der Waals surface area contributed by atoms with Crippen molar-refractivity contribution in [3.05, 3.63) is 77.6 Å². The van der Waals surface area contributed by atoms with Gasteiger partial charge in [-0.3, -0.25) is 24.2 Å². The zero-order valence-electron chi connectivity index (χ0n) is 20.6. The van der Waals surface area contributed by atoms with Crippen molar-refractivity contribution < 1.29 is 23.5 Å². The van der Waals surface area contributed by atoms with E-state index in [9.17, 15) is 18.8 Å². The van der Waals surface area contributed by atoms with E-state index in [1.807, 2.05) is 30.3 Å². The number of likely N-dealkylation sites (tertiary alicyclic amines) is 1. The van der Waals surface area contributed by atoms with Crippen molar-refractivity contribution in [3.63, 3.8) is 0 Å². The Morgan fingerprint density at radius 3 is 2.42 bits per heavy atom. The van der Waals surface area contributed by atoms with Crippen LogP contribution in [0.25, 0.3) is 6.08 Å². The molecule has 1 atom stereocenters. The van der Waals surface area contributed by atoms with Gasteiger partial charge in [0, 0.05) is 58.2 Å². The number of nitrogens with zero attached hydrogens (tertiary/aromatic N) is 3. The van der Waals surface area contributed by atoms with E-state index in [0.29, 0.717) is 26.2 Å². The summed E-state index contributed by atoms with van der Waals surface area (Å²) < 4.78 is 19.9. The first-order valence-electron chi connectivity index (χ1n) is 12.2. The Kier molecular flexibility index (Phi) is 8.28. The molecule has 2 fully saturated rings. The van der Waals surface area contributed by atoms with Crippen molar-refractivity contribution in [2.45, 2.75) is 18.3 Å². The van der Waals surface area contributed by atoms with Crippen molar-refractivity contribution in [2.24, 2.45) is 0 Å². The lowest BCUT2D eigenvalue weighted by molar-refractivity contribution is -0.143. The highest BCUT2D eigenvalue weighted by Gasteiger charge is 2.55. The highest BCUT2D eigenvalue weighted by molar-refractivity contribution is 6.10. The Balaban J connectivity index is 1.43. The van der Waals surface area contributed by atoms with Gasteiger partial charge in [-0.15, -0.1) is 0 Å². The maximum atomic E-state index is 14.9. The molecule has 0 unspecified atom stereocenters. The first-order chi connectivity index (χ1) is 17.4. The van der Waals surface area contributed by atoms with E-state index in [1.54, 1.807) is 11.0 Å². The molecule has 36 heavy (non-hydrogen) atoms. The van der Waals surface area contributed by atoms with Crippen LogP contribution in [-0.4, -0.2) is 85.4 Å². The summed E-state index contributed by atoms with van der Waals surface area (Å²) in [6, 6.07) is 16.0. The molecule has 2 aliphatic heterocycles. The predicted octanol–water partition coefficient (Wildman–Crippen LogP) is 2.72. The van der Waals surface area contributed by atoms with E-state index in [0.717, 1.165) is 17.0 Å². The van der Waals surface area contributed by atoms with Gasteiger partial charge in [-0.1, -0.05) is 60.7 Å². The Hall–Kier alpha value is -3.36. The Morgan fingerprint density at radius 2 is 1.72 bits per heavy atom. The normalized spacial score (nSPS) is 21.1. The van der Waals surface area contributed by atoms with Crippen LogP contribution in [0.5, 0.6) is 0 Å². The number of benzene rings is 2. The number of carbonyl (C=O) groups excluding carboxylic acids is 3. The van der Waals surface area contributed by atoms with Crippen LogP contribution in [0.15, 0.2) is 60.7 Å². The number of halogens is 1. The SMILES string of the molecule is COCCN1C(=O)C[C@](CC(=O)N2CCN(C/C=C/c3ccccc3)CC2)(c2ccccc2F)C1=O. The van der Waals surface area contributed by atoms with E-state index in [1.165, 1.54) is 25.3 Å². The largest absolute Gasteiger partial charge is 0.383 e. The number of rotatable bonds is 9. The molecule has 0 radical (unpaired) electrons. The van der Waals surface area contributed by atoms with E-state index < -0.39 is 23.0 Å². The monoisotopic (exact) mass is 493 g/mol. The molecule has 8 heteroatoms. The summed E-state index contributed by atoms with van der Waals surface area (Å²) >= 11 is 0. The average Bonchev–Trinajstić information content (AvgIpc) is 3.13.